The molecule has 0 fully saturated rings. The number of ether oxygens (including phenoxy) is 1. The molecule has 3 N–H and O–H groups in total. The number of thiophene rings is 1. The molecule has 1 aromatic heterocycles. The fourth-order valence-corrected chi connectivity index (χ4v) is 2.19. The average molecular weight is 195 g/mol. The van der Waals surface area contributed by atoms with E-state index < -0.39 is 0 Å². The van der Waals surface area contributed by atoms with E-state index in [1.807, 2.05) is 11.4 Å². The third-order valence-corrected chi connectivity index (χ3v) is 2.87. The molecule has 0 bridgehead atoms. The molecular weight excluding hydrogens is 186 g/mol. The molecule has 68 valence electrons. The molecule has 13 heavy (non-hydrogen) atoms. The van der Waals surface area contributed by atoms with Crippen LogP contribution in [0.5, 0.6) is 11.5 Å². The number of rotatable bonds is 1. The lowest BCUT2D eigenvalue weighted by Gasteiger charge is -2.02. The van der Waals surface area contributed by atoms with Crippen LogP contribution in [0.3, 0.4) is 0 Å². The van der Waals surface area contributed by atoms with Crippen molar-refractivity contribution >= 4 is 27.1 Å². The zero-order valence-electron chi connectivity index (χ0n) is 7.07. The highest BCUT2D eigenvalue weighted by molar-refractivity contribution is 7.17. The van der Waals surface area contributed by atoms with Crippen molar-refractivity contribution < 1.29 is 9.84 Å². The number of phenols is 1. The van der Waals surface area contributed by atoms with Crippen molar-refractivity contribution in [3.63, 3.8) is 0 Å². The van der Waals surface area contributed by atoms with E-state index in [0.717, 1.165) is 10.1 Å². The number of nitrogens with two attached hydrogens (primary N) is 1. The van der Waals surface area contributed by atoms with E-state index in [1.54, 1.807) is 24.5 Å². The number of nitrogen functional groups attached to an aromatic ring is 1. The Labute approximate surface area is 79.4 Å². The predicted octanol–water partition coefficient (Wildman–Crippen LogP) is 2.20. The Morgan fingerprint density at radius 2 is 2.23 bits per heavy atom. The zero-order chi connectivity index (χ0) is 9.42. The molecule has 0 aliphatic heterocycles. The molecule has 0 aliphatic rings. The molecule has 0 saturated heterocycles. The van der Waals surface area contributed by atoms with Crippen molar-refractivity contribution in [3.05, 3.63) is 17.5 Å². The SMILES string of the molecule is COc1csc2ccc(O)c(N)c12. The van der Waals surface area contributed by atoms with E-state index in [-0.39, 0.29) is 5.75 Å². The molecule has 0 spiro atoms. The summed E-state index contributed by atoms with van der Waals surface area (Å²) in [7, 11) is 1.59. The lowest BCUT2D eigenvalue weighted by molar-refractivity contribution is 0.421. The maximum atomic E-state index is 9.38. The summed E-state index contributed by atoms with van der Waals surface area (Å²) in [5, 5.41) is 12.1. The first kappa shape index (κ1) is 8.19. The molecule has 1 heterocycles. The molecule has 1 aromatic carbocycles. The Morgan fingerprint density at radius 3 is 2.92 bits per heavy atom. The van der Waals surface area contributed by atoms with Gasteiger partial charge in [-0.1, -0.05) is 0 Å². The zero-order valence-corrected chi connectivity index (χ0v) is 7.89. The van der Waals surface area contributed by atoms with Gasteiger partial charge in [0.1, 0.15) is 11.5 Å². The van der Waals surface area contributed by atoms with Crippen LogP contribution in [0.1, 0.15) is 0 Å². The van der Waals surface area contributed by atoms with Crippen molar-refractivity contribution in [2.24, 2.45) is 0 Å². The maximum absolute atomic E-state index is 9.38. The van der Waals surface area contributed by atoms with Gasteiger partial charge in [-0.25, -0.2) is 0 Å². The lowest BCUT2D eigenvalue weighted by Crippen LogP contribution is -1.88. The van der Waals surface area contributed by atoms with Crippen LogP contribution in [0.15, 0.2) is 17.5 Å². The Bertz CT molecular complexity index is 450. The van der Waals surface area contributed by atoms with Gasteiger partial charge in [0.05, 0.1) is 18.2 Å². The second-order valence-electron chi connectivity index (χ2n) is 2.68. The van der Waals surface area contributed by atoms with Gasteiger partial charge in [-0.15, -0.1) is 11.3 Å². The fraction of sp³-hybridized carbons (Fsp3) is 0.111. The smallest absolute Gasteiger partial charge is 0.139 e. The standard InChI is InChI=1S/C9H9NO2S/c1-12-6-4-13-7-3-2-5(11)9(10)8(6)7/h2-4,11H,10H2,1H3. The number of methoxy groups -OCH3 is 1. The maximum Gasteiger partial charge on any atom is 0.139 e. The summed E-state index contributed by atoms with van der Waals surface area (Å²) in [5.74, 6) is 0.817. The summed E-state index contributed by atoms with van der Waals surface area (Å²) in [6.45, 7) is 0. The van der Waals surface area contributed by atoms with E-state index in [4.69, 9.17) is 10.5 Å². The molecule has 0 saturated carbocycles. The minimum Gasteiger partial charge on any atom is -0.506 e. The third-order valence-electron chi connectivity index (χ3n) is 1.94. The topological polar surface area (TPSA) is 55.5 Å². The summed E-state index contributed by atoms with van der Waals surface area (Å²) in [6.07, 6.45) is 0. The highest BCUT2D eigenvalue weighted by Crippen LogP contribution is 2.40. The van der Waals surface area contributed by atoms with Gasteiger partial charge in [-0.05, 0) is 12.1 Å². The molecule has 3 nitrogen and oxygen atoms in total. The molecule has 2 rings (SSSR count). The Balaban J connectivity index is 2.85. The van der Waals surface area contributed by atoms with Crippen molar-refractivity contribution in [2.75, 3.05) is 12.8 Å². The molecule has 0 radical (unpaired) electrons. The molecular formula is C9H9NO2S. The Morgan fingerprint density at radius 1 is 1.46 bits per heavy atom. The number of hydrogen-bond donors (Lipinski definition) is 2. The van der Waals surface area contributed by atoms with E-state index in [1.165, 1.54) is 0 Å². The van der Waals surface area contributed by atoms with Crippen molar-refractivity contribution in [2.45, 2.75) is 0 Å². The third kappa shape index (κ3) is 1.10. The minimum atomic E-state index is 0.101. The number of hydrogen-bond acceptors (Lipinski definition) is 4. The van der Waals surface area contributed by atoms with Crippen molar-refractivity contribution in [1.82, 2.24) is 0 Å². The van der Waals surface area contributed by atoms with E-state index in [2.05, 4.69) is 0 Å². The molecule has 2 aromatic rings. The Kier molecular flexibility index (Phi) is 1.77. The Hall–Kier alpha value is -1.42. The van der Waals surface area contributed by atoms with Gasteiger partial charge >= 0.3 is 0 Å². The van der Waals surface area contributed by atoms with E-state index >= 15 is 0 Å². The highest BCUT2D eigenvalue weighted by atomic mass is 32.1. The van der Waals surface area contributed by atoms with Crippen LogP contribution >= 0.6 is 11.3 Å². The van der Waals surface area contributed by atoms with Crippen LogP contribution in [0.4, 0.5) is 5.69 Å². The van der Waals surface area contributed by atoms with Crippen LogP contribution in [-0.2, 0) is 0 Å². The molecule has 0 atom stereocenters. The average Bonchev–Trinajstić information content (AvgIpc) is 2.55. The summed E-state index contributed by atoms with van der Waals surface area (Å²) in [6, 6.07) is 3.42. The predicted molar refractivity (Wildman–Crippen MR) is 54.5 cm³/mol. The summed E-state index contributed by atoms with van der Waals surface area (Å²) >= 11 is 1.55. The largest absolute Gasteiger partial charge is 0.506 e. The lowest BCUT2D eigenvalue weighted by atomic mass is 10.2. The first-order valence-electron chi connectivity index (χ1n) is 3.76. The van der Waals surface area contributed by atoms with Gasteiger partial charge in [-0.3, -0.25) is 0 Å². The number of phenolic OH excluding ortho intramolecular Hbond substituents is 1. The van der Waals surface area contributed by atoms with Gasteiger partial charge in [0.2, 0.25) is 0 Å². The van der Waals surface area contributed by atoms with Crippen LogP contribution in [0.25, 0.3) is 10.1 Å². The number of benzene rings is 1. The highest BCUT2D eigenvalue weighted by Gasteiger charge is 2.10. The first-order chi connectivity index (χ1) is 6.24. The van der Waals surface area contributed by atoms with Crippen LogP contribution in [0, 0.1) is 0 Å². The van der Waals surface area contributed by atoms with Gasteiger partial charge < -0.3 is 15.6 Å². The van der Waals surface area contributed by atoms with Gasteiger partial charge in [-0.2, -0.15) is 0 Å². The van der Waals surface area contributed by atoms with Crippen LogP contribution in [-0.4, -0.2) is 12.2 Å². The van der Waals surface area contributed by atoms with Gasteiger partial charge in [0.25, 0.3) is 0 Å². The molecule has 0 aliphatic carbocycles. The molecule has 0 amide bonds. The minimum absolute atomic E-state index is 0.101. The molecule has 0 unspecified atom stereocenters. The van der Waals surface area contributed by atoms with E-state index in [9.17, 15) is 5.11 Å². The van der Waals surface area contributed by atoms with Crippen molar-refractivity contribution in [1.29, 1.82) is 0 Å². The van der Waals surface area contributed by atoms with Gasteiger partial charge in [0.15, 0.2) is 0 Å². The summed E-state index contributed by atoms with van der Waals surface area (Å²) in [5.41, 5.74) is 6.10. The quantitative estimate of drug-likeness (QED) is 0.541. The molecule has 4 heteroatoms. The second-order valence-corrected chi connectivity index (χ2v) is 3.59. The monoisotopic (exact) mass is 195 g/mol. The number of fused-ring (bicyclic) bond motifs is 1. The fourth-order valence-electron chi connectivity index (χ4n) is 1.27. The van der Waals surface area contributed by atoms with Crippen LogP contribution < -0.4 is 10.5 Å². The van der Waals surface area contributed by atoms with Crippen molar-refractivity contribution in [3.8, 4) is 11.5 Å². The van der Waals surface area contributed by atoms with Crippen LogP contribution in [0.2, 0.25) is 0 Å². The van der Waals surface area contributed by atoms with E-state index in [0.29, 0.717) is 11.4 Å². The summed E-state index contributed by atoms with van der Waals surface area (Å²) < 4.78 is 6.14. The van der Waals surface area contributed by atoms with Gasteiger partial charge in [0, 0.05) is 10.1 Å². The second kappa shape index (κ2) is 2.81. The normalized spacial score (nSPS) is 10.5. The first-order valence-corrected chi connectivity index (χ1v) is 4.64. The summed E-state index contributed by atoms with van der Waals surface area (Å²) in [4.78, 5) is 0. The number of anilines is 1. The number of aromatic hydroxyl groups is 1.